The molecule has 0 aliphatic carbocycles. The SMILES string of the molecule is CCCCCCCCCCCCCCCC(=O)O[C@H](COC(=O)CCCCCCCCCCC(C)CC)COP(=O)(O)OC[C@@H](O)COP(=O)(O)OC[C@@H](COC(=O)CCCCCCCCC)OC(=O)CCCCCCCCCCC(C)CC. The predicted octanol–water partition coefficient (Wildman–Crippen LogP) is 18.0. The molecule has 0 aromatic carbocycles. The molecule has 0 spiro atoms. The number of ether oxygens (including phenoxy) is 4. The first-order valence-corrected chi connectivity index (χ1v) is 37.1. The van der Waals surface area contributed by atoms with Crippen LogP contribution in [0.2, 0.25) is 0 Å². The standard InChI is InChI=1S/C65H126O17P2/c1-7-11-13-15-17-18-19-20-21-22-31-37-43-49-64(69)81-61(54-76-63(68)48-42-36-30-25-23-28-33-39-45-57(5)9-3)56-80-84(73,74)78-52-59(66)51-77-83(71,72)79-55-60(53-75-62(67)47-41-35-27-16-14-12-8-2)82-65(70)50-44-38-32-26-24-29-34-40-46-58(6)10-4/h57-61,66H,7-56H2,1-6H3,(H,71,72)(H,73,74)/t57?,58?,59-,60+,61+/m0/s1. The molecule has 0 bridgehead atoms. The molecule has 0 fully saturated rings. The smallest absolute Gasteiger partial charge is 0.462 e. The molecule has 17 nitrogen and oxygen atoms in total. The Bertz CT molecular complexity index is 1650. The van der Waals surface area contributed by atoms with Crippen molar-refractivity contribution >= 4 is 39.5 Å². The summed E-state index contributed by atoms with van der Waals surface area (Å²) in [6.45, 7) is 9.47. The number of phosphoric ester groups is 2. The fourth-order valence-corrected chi connectivity index (χ4v) is 11.2. The summed E-state index contributed by atoms with van der Waals surface area (Å²) < 4.78 is 68.0. The summed E-state index contributed by atoms with van der Waals surface area (Å²) in [5, 5.41) is 10.5. The molecular formula is C65H126O17P2. The van der Waals surface area contributed by atoms with Crippen molar-refractivity contribution in [3.8, 4) is 0 Å². The Kier molecular flexibility index (Phi) is 56.2. The summed E-state index contributed by atoms with van der Waals surface area (Å²) in [7, 11) is -9.89. The van der Waals surface area contributed by atoms with Crippen LogP contribution in [0, 0.1) is 11.8 Å². The molecule has 0 rings (SSSR count). The van der Waals surface area contributed by atoms with Crippen LogP contribution in [0.25, 0.3) is 0 Å². The molecule has 0 heterocycles. The van der Waals surface area contributed by atoms with Crippen molar-refractivity contribution in [3.05, 3.63) is 0 Å². The van der Waals surface area contributed by atoms with Gasteiger partial charge in [0.25, 0.3) is 0 Å². The van der Waals surface area contributed by atoms with Crippen LogP contribution < -0.4 is 0 Å². The molecule has 498 valence electrons. The van der Waals surface area contributed by atoms with Crippen molar-refractivity contribution in [2.75, 3.05) is 39.6 Å². The van der Waals surface area contributed by atoms with Crippen molar-refractivity contribution in [3.63, 3.8) is 0 Å². The van der Waals surface area contributed by atoms with Gasteiger partial charge in [-0.25, -0.2) is 9.13 Å². The highest BCUT2D eigenvalue weighted by molar-refractivity contribution is 7.47. The number of aliphatic hydroxyl groups is 1. The van der Waals surface area contributed by atoms with E-state index in [1.165, 1.54) is 128 Å². The molecule has 0 aliphatic heterocycles. The third-order valence-corrected chi connectivity index (χ3v) is 17.6. The number of rotatable bonds is 64. The van der Waals surface area contributed by atoms with Crippen LogP contribution in [0.3, 0.4) is 0 Å². The fourth-order valence-electron chi connectivity index (χ4n) is 9.64. The van der Waals surface area contributed by atoms with Crippen LogP contribution in [0.15, 0.2) is 0 Å². The number of aliphatic hydroxyl groups excluding tert-OH is 1. The monoisotopic (exact) mass is 1240 g/mol. The fraction of sp³-hybridized carbons (Fsp3) is 0.938. The number of esters is 4. The Labute approximate surface area is 511 Å². The van der Waals surface area contributed by atoms with Crippen molar-refractivity contribution in [1.82, 2.24) is 0 Å². The second-order valence-electron chi connectivity index (χ2n) is 24.0. The first-order valence-electron chi connectivity index (χ1n) is 34.1. The van der Waals surface area contributed by atoms with Crippen LogP contribution in [0.1, 0.15) is 324 Å². The van der Waals surface area contributed by atoms with Crippen molar-refractivity contribution < 1.29 is 80.2 Å². The molecule has 0 saturated heterocycles. The maximum Gasteiger partial charge on any atom is 0.472 e. The first-order chi connectivity index (χ1) is 40.4. The third-order valence-electron chi connectivity index (χ3n) is 15.7. The molecule has 0 aromatic rings. The molecule has 0 amide bonds. The van der Waals surface area contributed by atoms with Gasteiger partial charge in [-0.1, -0.05) is 273 Å². The summed E-state index contributed by atoms with van der Waals surface area (Å²) in [6.07, 6.45) is 40.2. The largest absolute Gasteiger partial charge is 0.472 e. The van der Waals surface area contributed by atoms with E-state index in [1.807, 2.05) is 0 Å². The second-order valence-corrected chi connectivity index (χ2v) is 26.9. The molecule has 19 heteroatoms. The van der Waals surface area contributed by atoms with Gasteiger partial charge in [0, 0.05) is 25.7 Å². The van der Waals surface area contributed by atoms with E-state index in [0.717, 1.165) is 115 Å². The molecule has 84 heavy (non-hydrogen) atoms. The van der Waals surface area contributed by atoms with Gasteiger partial charge >= 0.3 is 39.5 Å². The van der Waals surface area contributed by atoms with E-state index in [2.05, 4.69) is 41.5 Å². The van der Waals surface area contributed by atoms with Crippen LogP contribution in [-0.2, 0) is 65.4 Å². The summed E-state index contributed by atoms with van der Waals surface area (Å²) >= 11 is 0. The summed E-state index contributed by atoms with van der Waals surface area (Å²) in [5.74, 6) is -0.588. The van der Waals surface area contributed by atoms with Crippen molar-refractivity contribution in [2.45, 2.75) is 342 Å². The summed E-state index contributed by atoms with van der Waals surface area (Å²) in [5.41, 5.74) is 0. The van der Waals surface area contributed by atoms with Gasteiger partial charge in [0.15, 0.2) is 12.2 Å². The number of hydrogen-bond donors (Lipinski definition) is 3. The van der Waals surface area contributed by atoms with Crippen LogP contribution in [0.4, 0.5) is 0 Å². The van der Waals surface area contributed by atoms with Crippen molar-refractivity contribution in [1.29, 1.82) is 0 Å². The average molecular weight is 1240 g/mol. The van der Waals surface area contributed by atoms with E-state index in [4.69, 9.17) is 37.0 Å². The normalized spacial score (nSPS) is 14.9. The Balaban J connectivity index is 5.23. The zero-order valence-electron chi connectivity index (χ0n) is 54.2. The number of carbonyl (C=O) groups is 4. The lowest BCUT2D eigenvalue weighted by Gasteiger charge is -2.21. The van der Waals surface area contributed by atoms with Gasteiger partial charge in [-0.3, -0.25) is 37.3 Å². The quantitative estimate of drug-likeness (QED) is 0.0222. The van der Waals surface area contributed by atoms with E-state index in [9.17, 15) is 43.2 Å². The maximum atomic E-state index is 13.0. The minimum absolute atomic E-state index is 0.104. The molecule has 4 unspecified atom stereocenters. The molecule has 0 saturated carbocycles. The van der Waals surface area contributed by atoms with Gasteiger partial charge in [-0.05, 0) is 37.5 Å². The maximum absolute atomic E-state index is 13.0. The first kappa shape index (κ1) is 82.1. The minimum atomic E-state index is -4.95. The molecule has 0 aliphatic rings. The van der Waals surface area contributed by atoms with E-state index >= 15 is 0 Å². The van der Waals surface area contributed by atoms with E-state index < -0.39 is 97.5 Å². The number of carbonyl (C=O) groups excluding carboxylic acids is 4. The van der Waals surface area contributed by atoms with Gasteiger partial charge in [-0.15, -0.1) is 0 Å². The average Bonchev–Trinajstić information content (AvgIpc) is 3.61. The molecule has 7 atom stereocenters. The lowest BCUT2D eigenvalue weighted by Crippen LogP contribution is -2.30. The highest BCUT2D eigenvalue weighted by Gasteiger charge is 2.30. The number of phosphoric acid groups is 2. The zero-order chi connectivity index (χ0) is 62.2. The highest BCUT2D eigenvalue weighted by atomic mass is 31.2. The minimum Gasteiger partial charge on any atom is -0.462 e. The van der Waals surface area contributed by atoms with Gasteiger partial charge in [0.1, 0.15) is 19.3 Å². The second kappa shape index (κ2) is 57.5. The molecule has 0 aromatic heterocycles. The van der Waals surface area contributed by atoms with E-state index in [-0.39, 0.29) is 25.7 Å². The van der Waals surface area contributed by atoms with Crippen molar-refractivity contribution in [2.24, 2.45) is 11.8 Å². The van der Waals surface area contributed by atoms with E-state index in [1.54, 1.807) is 0 Å². The summed E-state index contributed by atoms with van der Waals surface area (Å²) in [4.78, 5) is 72.2. The third kappa shape index (κ3) is 56.6. The van der Waals surface area contributed by atoms with Crippen LogP contribution in [-0.4, -0.2) is 96.7 Å². The van der Waals surface area contributed by atoms with Gasteiger partial charge in [0.05, 0.1) is 26.4 Å². The van der Waals surface area contributed by atoms with E-state index in [0.29, 0.717) is 25.7 Å². The van der Waals surface area contributed by atoms with Gasteiger partial charge < -0.3 is 33.8 Å². The molecule has 0 radical (unpaired) electrons. The van der Waals surface area contributed by atoms with Gasteiger partial charge in [0.2, 0.25) is 0 Å². The Hall–Kier alpha value is -1.94. The number of hydrogen-bond acceptors (Lipinski definition) is 15. The summed E-state index contributed by atoms with van der Waals surface area (Å²) in [6, 6.07) is 0. The van der Waals surface area contributed by atoms with Crippen LogP contribution in [0.5, 0.6) is 0 Å². The predicted molar refractivity (Wildman–Crippen MR) is 335 cm³/mol. The Morgan fingerprint density at radius 2 is 0.571 bits per heavy atom. The van der Waals surface area contributed by atoms with Gasteiger partial charge in [-0.2, -0.15) is 0 Å². The lowest BCUT2D eigenvalue weighted by molar-refractivity contribution is -0.161. The number of unbranched alkanes of at least 4 members (excludes halogenated alkanes) is 32. The Morgan fingerprint density at radius 3 is 0.845 bits per heavy atom. The zero-order valence-corrected chi connectivity index (χ0v) is 56.0. The topological polar surface area (TPSA) is 237 Å². The Morgan fingerprint density at radius 1 is 0.333 bits per heavy atom. The molecular weight excluding hydrogens is 1110 g/mol. The van der Waals surface area contributed by atoms with Crippen LogP contribution >= 0.6 is 15.6 Å². The lowest BCUT2D eigenvalue weighted by atomic mass is 9.99. The molecule has 3 N–H and O–H groups in total. The highest BCUT2D eigenvalue weighted by Crippen LogP contribution is 2.45.